The summed E-state index contributed by atoms with van der Waals surface area (Å²) in [6.07, 6.45) is 4.35. The Morgan fingerprint density at radius 1 is 0.964 bits per heavy atom. The highest BCUT2D eigenvalue weighted by molar-refractivity contribution is 5.87. The lowest BCUT2D eigenvalue weighted by molar-refractivity contribution is 0.00786. The number of carboxylic acid groups (broad SMARTS) is 1. The zero-order valence-electron chi connectivity index (χ0n) is 17.2. The zero-order valence-corrected chi connectivity index (χ0v) is 17.2. The van der Waals surface area contributed by atoms with Crippen LogP contribution in [0, 0.1) is 0 Å². The predicted octanol–water partition coefficient (Wildman–Crippen LogP) is 3.96. The minimum Gasteiger partial charge on any atom is -0.478 e. The number of aromatic carboxylic acids is 1. The van der Waals surface area contributed by atoms with Crippen molar-refractivity contribution in [3.05, 3.63) is 35.4 Å². The third-order valence-corrected chi connectivity index (χ3v) is 5.81. The van der Waals surface area contributed by atoms with E-state index in [2.05, 4.69) is 4.90 Å². The van der Waals surface area contributed by atoms with Gasteiger partial charge in [-0.1, -0.05) is 12.1 Å². The topological polar surface area (TPSA) is 70.1 Å². The molecule has 1 saturated carbocycles. The van der Waals surface area contributed by atoms with Crippen LogP contribution in [0.2, 0.25) is 0 Å². The number of amides is 1. The van der Waals surface area contributed by atoms with Gasteiger partial charge >= 0.3 is 12.1 Å². The summed E-state index contributed by atoms with van der Waals surface area (Å²) < 4.78 is 5.48. The quantitative estimate of drug-likeness (QED) is 0.849. The minimum absolute atomic E-state index is 0.208. The number of carboxylic acids is 1. The zero-order chi connectivity index (χ0) is 20.3. The standard InChI is InChI=1S/C22H32N2O4/c1-22(2,3)28-21(27)24-14-12-23(13-15-24)19-10-8-17(9-11-19)16-4-6-18(7-5-16)20(25)26/h4-7,17,19H,8-15H2,1-3H3,(H,25,26). The van der Waals surface area contributed by atoms with E-state index in [1.54, 1.807) is 12.1 Å². The molecule has 1 aliphatic heterocycles. The first kappa shape index (κ1) is 20.6. The fourth-order valence-electron chi connectivity index (χ4n) is 4.27. The van der Waals surface area contributed by atoms with Gasteiger partial charge in [-0.15, -0.1) is 0 Å². The van der Waals surface area contributed by atoms with Crippen molar-refractivity contribution in [1.82, 2.24) is 9.80 Å². The van der Waals surface area contributed by atoms with Gasteiger partial charge in [-0.05, 0) is 70.1 Å². The number of nitrogens with zero attached hydrogens (tertiary/aromatic N) is 2. The Kier molecular flexibility index (Phi) is 6.28. The fourth-order valence-corrected chi connectivity index (χ4v) is 4.27. The van der Waals surface area contributed by atoms with Crippen molar-refractivity contribution in [2.24, 2.45) is 0 Å². The molecule has 1 amide bonds. The summed E-state index contributed by atoms with van der Waals surface area (Å²) in [6.45, 7) is 8.96. The second-order valence-electron chi connectivity index (χ2n) is 8.94. The smallest absolute Gasteiger partial charge is 0.410 e. The van der Waals surface area contributed by atoms with Crippen molar-refractivity contribution in [3.8, 4) is 0 Å². The first-order chi connectivity index (χ1) is 13.2. The minimum atomic E-state index is -0.874. The van der Waals surface area contributed by atoms with Crippen LogP contribution in [0.1, 0.15) is 68.3 Å². The highest BCUT2D eigenvalue weighted by atomic mass is 16.6. The Balaban J connectivity index is 1.46. The normalized spacial score (nSPS) is 24.0. The maximum atomic E-state index is 12.2. The number of carbonyl (C=O) groups is 2. The Morgan fingerprint density at radius 3 is 2.04 bits per heavy atom. The molecule has 154 valence electrons. The van der Waals surface area contributed by atoms with Gasteiger partial charge in [0.15, 0.2) is 0 Å². The van der Waals surface area contributed by atoms with Crippen molar-refractivity contribution < 1.29 is 19.4 Å². The first-order valence-electron chi connectivity index (χ1n) is 10.3. The van der Waals surface area contributed by atoms with Crippen molar-refractivity contribution in [2.45, 2.75) is 64.0 Å². The van der Waals surface area contributed by atoms with E-state index in [4.69, 9.17) is 9.84 Å². The van der Waals surface area contributed by atoms with Gasteiger partial charge in [0.1, 0.15) is 5.60 Å². The first-order valence-corrected chi connectivity index (χ1v) is 10.3. The van der Waals surface area contributed by atoms with Crippen molar-refractivity contribution in [1.29, 1.82) is 0 Å². The number of benzene rings is 1. The SMILES string of the molecule is CC(C)(C)OC(=O)N1CCN(C2CCC(c3ccc(C(=O)O)cc3)CC2)CC1. The molecule has 0 atom stereocenters. The molecular formula is C22H32N2O4. The molecule has 0 aromatic heterocycles. The van der Waals surface area contributed by atoms with E-state index in [1.165, 1.54) is 5.56 Å². The second-order valence-corrected chi connectivity index (χ2v) is 8.94. The van der Waals surface area contributed by atoms with Gasteiger partial charge in [-0.25, -0.2) is 9.59 Å². The van der Waals surface area contributed by atoms with Gasteiger partial charge in [0, 0.05) is 32.2 Å². The molecule has 1 heterocycles. The summed E-state index contributed by atoms with van der Waals surface area (Å²) in [5, 5.41) is 9.04. The van der Waals surface area contributed by atoms with Crippen molar-refractivity contribution in [2.75, 3.05) is 26.2 Å². The lowest BCUT2D eigenvalue weighted by atomic mass is 9.81. The molecule has 6 nitrogen and oxygen atoms in total. The van der Waals surface area contributed by atoms with Crippen LogP contribution in [0.5, 0.6) is 0 Å². The Morgan fingerprint density at radius 2 is 1.54 bits per heavy atom. The molecular weight excluding hydrogens is 356 g/mol. The number of carbonyl (C=O) groups excluding carboxylic acids is 1. The van der Waals surface area contributed by atoms with Gasteiger partial charge in [0.25, 0.3) is 0 Å². The monoisotopic (exact) mass is 388 g/mol. The molecule has 2 fully saturated rings. The van der Waals surface area contributed by atoms with E-state index in [0.29, 0.717) is 17.5 Å². The summed E-state index contributed by atoms with van der Waals surface area (Å²) in [6, 6.07) is 7.93. The van der Waals surface area contributed by atoms with Gasteiger partial charge in [-0.2, -0.15) is 0 Å². The van der Waals surface area contributed by atoms with E-state index < -0.39 is 11.6 Å². The van der Waals surface area contributed by atoms with Crippen LogP contribution in [0.3, 0.4) is 0 Å². The van der Waals surface area contributed by atoms with Crippen LogP contribution in [0.25, 0.3) is 0 Å². The van der Waals surface area contributed by atoms with E-state index in [-0.39, 0.29) is 6.09 Å². The molecule has 1 aliphatic carbocycles. The highest BCUT2D eigenvalue weighted by Gasteiger charge is 2.31. The van der Waals surface area contributed by atoms with Crippen LogP contribution in [-0.4, -0.2) is 64.8 Å². The van der Waals surface area contributed by atoms with E-state index >= 15 is 0 Å². The van der Waals surface area contributed by atoms with Crippen molar-refractivity contribution in [3.63, 3.8) is 0 Å². The maximum Gasteiger partial charge on any atom is 0.410 e. The largest absolute Gasteiger partial charge is 0.478 e. The van der Waals surface area contributed by atoms with Crippen LogP contribution >= 0.6 is 0 Å². The third kappa shape index (κ3) is 5.25. The molecule has 0 spiro atoms. The molecule has 1 aromatic carbocycles. The Hall–Kier alpha value is -2.08. The fraction of sp³-hybridized carbons (Fsp3) is 0.636. The van der Waals surface area contributed by atoms with Gasteiger partial charge in [0.2, 0.25) is 0 Å². The Labute approximate surface area is 167 Å². The molecule has 0 unspecified atom stereocenters. The molecule has 1 N–H and O–H groups in total. The van der Waals surface area contributed by atoms with Crippen LogP contribution < -0.4 is 0 Å². The highest BCUT2D eigenvalue weighted by Crippen LogP contribution is 2.35. The molecule has 0 radical (unpaired) electrons. The molecule has 28 heavy (non-hydrogen) atoms. The molecule has 3 rings (SSSR count). The third-order valence-electron chi connectivity index (χ3n) is 5.81. The average Bonchev–Trinajstić information content (AvgIpc) is 2.67. The molecule has 6 heteroatoms. The molecule has 1 aromatic rings. The number of rotatable bonds is 3. The number of piperazine rings is 1. The van der Waals surface area contributed by atoms with Gasteiger partial charge in [0.05, 0.1) is 5.56 Å². The van der Waals surface area contributed by atoms with E-state index in [1.807, 2.05) is 37.8 Å². The summed E-state index contributed by atoms with van der Waals surface area (Å²) >= 11 is 0. The van der Waals surface area contributed by atoms with E-state index in [9.17, 15) is 9.59 Å². The molecule has 2 aliphatic rings. The average molecular weight is 389 g/mol. The lowest BCUT2D eigenvalue weighted by Gasteiger charge is -2.42. The number of hydrogen-bond donors (Lipinski definition) is 1. The summed E-state index contributed by atoms with van der Waals surface area (Å²) in [7, 11) is 0. The lowest BCUT2D eigenvalue weighted by Crippen LogP contribution is -2.53. The van der Waals surface area contributed by atoms with Gasteiger partial charge in [-0.3, -0.25) is 4.90 Å². The summed E-state index contributed by atoms with van der Waals surface area (Å²) in [5.41, 5.74) is 1.15. The van der Waals surface area contributed by atoms with Crippen LogP contribution in [-0.2, 0) is 4.74 Å². The van der Waals surface area contributed by atoms with Gasteiger partial charge < -0.3 is 14.7 Å². The second kappa shape index (κ2) is 8.52. The number of ether oxygens (including phenoxy) is 1. The van der Waals surface area contributed by atoms with Crippen LogP contribution in [0.15, 0.2) is 24.3 Å². The molecule has 0 bridgehead atoms. The van der Waals surface area contributed by atoms with Crippen LogP contribution in [0.4, 0.5) is 4.79 Å². The maximum absolute atomic E-state index is 12.2. The summed E-state index contributed by atoms with van der Waals surface area (Å²) in [5.74, 6) is -0.358. The van der Waals surface area contributed by atoms with Crippen molar-refractivity contribution >= 4 is 12.1 Å². The molecule has 1 saturated heterocycles. The van der Waals surface area contributed by atoms with E-state index in [0.717, 1.165) is 51.9 Å². The predicted molar refractivity (Wildman–Crippen MR) is 108 cm³/mol. The Bertz CT molecular complexity index is 679. The summed E-state index contributed by atoms with van der Waals surface area (Å²) in [4.78, 5) is 27.5. The number of hydrogen-bond acceptors (Lipinski definition) is 4.